The summed E-state index contributed by atoms with van der Waals surface area (Å²) in [6, 6.07) is 0.425. The molecule has 0 spiro atoms. The van der Waals surface area contributed by atoms with E-state index in [0.717, 1.165) is 18.4 Å². The van der Waals surface area contributed by atoms with Gasteiger partial charge in [0.15, 0.2) is 0 Å². The lowest BCUT2D eigenvalue weighted by atomic mass is 9.88. The van der Waals surface area contributed by atoms with Gasteiger partial charge in [0.1, 0.15) is 0 Å². The SMILES string of the molecule is Cn1cncc1CN1CC2CC3CC2C1C3O. The van der Waals surface area contributed by atoms with Crippen molar-refractivity contribution in [3.05, 3.63) is 18.2 Å². The lowest BCUT2D eigenvalue weighted by Crippen LogP contribution is -2.40. The predicted molar refractivity (Wildman–Crippen MR) is 63.1 cm³/mol. The van der Waals surface area contributed by atoms with Crippen LogP contribution in [0.25, 0.3) is 0 Å². The molecule has 2 bridgehead atoms. The Hall–Kier alpha value is -0.870. The van der Waals surface area contributed by atoms with Crippen molar-refractivity contribution in [1.82, 2.24) is 14.5 Å². The summed E-state index contributed by atoms with van der Waals surface area (Å²) in [6.07, 6.45) is 6.24. The Morgan fingerprint density at radius 1 is 1.41 bits per heavy atom. The van der Waals surface area contributed by atoms with E-state index in [2.05, 4.69) is 14.5 Å². The Labute approximate surface area is 101 Å². The molecule has 1 aromatic rings. The summed E-state index contributed by atoms with van der Waals surface area (Å²) in [7, 11) is 2.04. The Morgan fingerprint density at radius 3 is 3.00 bits per heavy atom. The van der Waals surface area contributed by atoms with E-state index in [4.69, 9.17) is 0 Å². The highest BCUT2D eigenvalue weighted by Crippen LogP contribution is 2.55. The zero-order valence-electron chi connectivity index (χ0n) is 10.2. The molecule has 2 aliphatic carbocycles. The number of aromatic nitrogens is 2. The van der Waals surface area contributed by atoms with Crippen molar-refractivity contribution < 1.29 is 5.11 Å². The minimum Gasteiger partial charge on any atom is -0.391 e. The quantitative estimate of drug-likeness (QED) is 0.814. The van der Waals surface area contributed by atoms with Crippen LogP contribution in [0.15, 0.2) is 12.5 Å². The molecule has 4 rings (SSSR count). The van der Waals surface area contributed by atoms with E-state index in [1.807, 2.05) is 19.6 Å². The van der Waals surface area contributed by atoms with Crippen LogP contribution in [0.5, 0.6) is 0 Å². The predicted octanol–water partition coefficient (Wildman–Crippen LogP) is 0.621. The molecule has 0 amide bonds. The van der Waals surface area contributed by atoms with Gasteiger partial charge in [0.2, 0.25) is 0 Å². The van der Waals surface area contributed by atoms with Gasteiger partial charge in [-0.1, -0.05) is 0 Å². The highest BCUT2D eigenvalue weighted by atomic mass is 16.3. The van der Waals surface area contributed by atoms with E-state index >= 15 is 0 Å². The zero-order chi connectivity index (χ0) is 11.6. The number of rotatable bonds is 2. The van der Waals surface area contributed by atoms with E-state index in [0.29, 0.717) is 12.0 Å². The van der Waals surface area contributed by atoms with Gasteiger partial charge in [-0.3, -0.25) is 4.90 Å². The normalized spacial score (nSPS) is 43.8. The average molecular weight is 233 g/mol. The first-order valence-electron chi connectivity index (χ1n) is 6.61. The van der Waals surface area contributed by atoms with Gasteiger partial charge in [0.05, 0.1) is 18.1 Å². The van der Waals surface area contributed by atoms with Crippen LogP contribution in [0.1, 0.15) is 18.5 Å². The van der Waals surface area contributed by atoms with Crippen LogP contribution in [0.2, 0.25) is 0 Å². The van der Waals surface area contributed by atoms with Crippen molar-refractivity contribution in [2.24, 2.45) is 24.8 Å². The molecule has 0 radical (unpaired) electrons. The fourth-order valence-corrected chi connectivity index (χ4v) is 4.47. The van der Waals surface area contributed by atoms with Gasteiger partial charge in [-0.2, -0.15) is 0 Å². The van der Waals surface area contributed by atoms with Crippen molar-refractivity contribution in [1.29, 1.82) is 0 Å². The van der Waals surface area contributed by atoms with Gasteiger partial charge in [0.25, 0.3) is 0 Å². The molecular weight excluding hydrogens is 214 g/mol. The smallest absolute Gasteiger partial charge is 0.0945 e. The number of fused-ring (bicyclic) bond motifs is 1. The molecule has 1 N–H and O–H groups in total. The molecule has 1 aliphatic heterocycles. The molecule has 4 nitrogen and oxygen atoms in total. The molecule has 0 aromatic carbocycles. The van der Waals surface area contributed by atoms with Crippen LogP contribution >= 0.6 is 0 Å². The van der Waals surface area contributed by atoms with Crippen LogP contribution in [-0.4, -0.2) is 38.2 Å². The number of nitrogens with zero attached hydrogens (tertiary/aromatic N) is 3. The van der Waals surface area contributed by atoms with Crippen molar-refractivity contribution in [2.75, 3.05) is 6.54 Å². The van der Waals surface area contributed by atoms with Crippen LogP contribution < -0.4 is 0 Å². The lowest BCUT2D eigenvalue weighted by molar-refractivity contribution is 0.0477. The number of aliphatic hydroxyl groups excluding tert-OH is 1. The summed E-state index contributed by atoms with van der Waals surface area (Å²) >= 11 is 0. The first-order valence-corrected chi connectivity index (χ1v) is 6.61. The third-order valence-electron chi connectivity index (χ3n) is 5.23. The molecule has 2 heterocycles. The fourth-order valence-electron chi connectivity index (χ4n) is 4.47. The monoisotopic (exact) mass is 233 g/mol. The van der Waals surface area contributed by atoms with E-state index < -0.39 is 0 Å². The van der Waals surface area contributed by atoms with Crippen molar-refractivity contribution in [2.45, 2.75) is 31.5 Å². The standard InChI is InChI=1S/C13H19N3O/c1-15-7-14-4-10(15)6-16-5-9-2-8-3-11(9)12(16)13(8)17/h4,7-9,11-13,17H,2-3,5-6H2,1H3. The highest BCUT2D eigenvalue weighted by molar-refractivity contribution is 5.12. The summed E-state index contributed by atoms with van der Waals surface area (Å²) in [5, 5.41) is 10.3. The molecule has 1 saturated heterocycles. The minimum atomic E-state index is -0.0769. The second kappa shape index (κ2) is 3.33. The van der Waals surface area contributed by atoms with Crippen molar-refractivity contribution in [3.8, 4) is 0 Å². The third-order valence-corrected chi connectivity index (χ3v) is 5.23. The van der Waals surface area contributed by atoms with Crippen LogP contribution in [0.3, 0.4) is 0 Å². The number of imidazole rings is 1. The molecule has 3 aliphatic rings. The second-order valence-corrected chi connectivity index (χ2v) is 6.06. The summed E-state index contributed by atoms with van der Waals surface area (Å²) in [5.41, 5.74) is 1.25. The van der Waals surface area contributed by atoms with Crippen molar-refractivity contribution in [3.63, 3.8) is 0 Å². The van der Waals surface area contributed by atoms with Gasteiger partial charge in [-0.05, 0) is 30.6 Å². The van der Waals surface area contributed by atoms with E-state index in [1.165, 1.54) is 25.1 Å². The third kappa shape index (κ3) is 1.28. The molecular formula is C13H19N3O. The molecule has 17 heavy (non-hydrogen) atoms. The maximum absolute atomic E-state index is 10.3. The lowest BCUT2D eigenvalue weighted by Gasteiger charge is -2.28. The summed E-state index contributed by atoms with van der Waals surface area (Å²) in [5.74, 6) is 2.20. The molecule has 3 fully saturated rings. The van der Waals surface area contributed by atoms with Gasteiger partial charge in [0, 0.05) is 32.4 Å². The number of likely N-dealkylation sites (tertiary alicyclic amines) is 1. The number of hydrogen-bond acceptors (Lipinski definition) is 3. The van der Waals surface area contributed by atoms with Gasteiger partial charge in [-0.25, -0.2) is 4.98 Å². The zero-order valence-corrected chi connectivity index (χ0v) is 10.2. The number of hydrogen-bond donors (Lipinski definition) is 1. The minimum absolute atomic E-state index is 0.0769. The molecule has 5 unspecified atom stereocenters. The fraction of sp³-hybridized carbons (Fsp3) is 0.769. The van der Waals surface area contributed by atoms with E-state index in [1.54, 1.807) is 0 Å². The molecule has 5 atom stereocenters. The summed E-state index contributed by atoms with van der Waals surface area (Å²) in [6.45, 7) is 2.12. The summed E-state index contributed by atoms with van der Waals surface area (Å²) in [4.78, 5) is 6.66. The Bertz CT molecular complexity index is 442. The number of aryl methyl sites for hydroxylation is 1. The maximum Gasteiger partial charge on any atom is 0.0945 e. The average Bonchev–Trinajstić information content (AvgIpc) is 2.96. The number of aliphatic hydroxyl groups is 1. The summed E-state index contributed by atoms with van der Waals surface area (Å²) < 4.78 is 2.08. The molecule has 92 valence electrons. The van der Waals surface area contributed by atoms with E-state index in [-0.39, 0.29) is 6.10 Å². The molecule has 1 aromatic heterocycles. The van der Waals surface area contributed by atoms with Gasteiger partial charge >= 0.3 is 0 Å². The maximum atomic E-state index is 10.3. The first-order chi connectivity index (χ1) is 8.24. The molecule has 2 saturated carbocycles. The molecule has 4 heteroatoms. The Balaban J connectivity index is 1.59. The van der Waals surface area contributed by atoms with Crippen LogP contribution in [-0.2, 0) is 13.6 Å². The topological polar surface area (TPSA) is 41.3 Å². The largest absolute Gasteiger partial charge is 0.391 e. The van der Waals surface area contributed by atoms with Crippen molar-refractivity contribution >= 4 is 0 Å². The van der Waals surface area contributed by atoms with Gasteiger partial charge < -0.3 is 9.67 Å². The Morgan fingerprint density at radius 2 is 2.29 bits per heavy atom. The van der Waals surface area contributed by atoms with E-state index in [9.17, 15) is 5.11 Å². The van der Waals surface area contributed by atoms with Gasteiger partial charge in [-0.15, -0.1) is 0 Å². The first kappa shape index (κ1) is 10.1. The highest BCUT2D eigenvalue weighted by Gasteiger charge is 2.58. The van der Waals surface area contributed by atoms with Crippen LogP contribution in [0, 0.1) is 17.8 Å². The second-order valence-electron chi connectivity index (χ2n) is 6.06. The Kier molecular flexibility index (Phi) is 1.97. The van der Waals surface area contributed by atoms with Crippen LogP contribution in [0.4, 0.5) is 0 Å².